The minimum Gasteiger partial charge on any atom is -0.465 e. The Morgan fingerprint density at radius 3 is 1.47 bits per heavy atom. The maximum atomic E-state index is 10.6. The van der Waals surface area contributed by atoms with Gasteiger partial charge in [0.25, 0.3) is 0 Å². The van der Waals surface area contributed by atoms with E-state index in [9.17, 15) is 5.11 Å². The number of nitrogens with two attached hydrogens (primary N) is 2. The topological polar surface area (TPSA) is 81.5 Å². The Morgan fingerprint density at radius 2 is 0.930 bits per heavy atom. The molecule has 4 nitrogen and oxygen atoms in total. The molecule has 0 bridgehead atoms. The zero-order valence-corrected chi connectivity index (χ0v) is 24.1. The van der Waals surface area contributed by atoms with Crippen LogP contribution < -0.4 is 16.2 Å². The predicted octanol–water partition coefficient (Wildman–Crippen LogP) is 9.29. The van der Waals surface area contributed by atoms with E-state index in [0.29, 0.717) is 23.5 Å². The van der Waals surface area contributed by atoms with E-state index >= 15 is 0 Å². The molecule has 0 amide bonds. The predicted molar refractivity (Wildman–Crippen MR) is 179 cm³/mol. The number of nitrogen functional groups attached to an aromatic ring is 2. The van der Waals surface area contributed by atoms with Crippen LogP contribution in [0.4, 0.5) is 11.4 Å². The molecule has 5 N–H and O–H groups in total. The van der Waals surface area contributed by atoms with Crippen LogP contribution >= 0.6 is 0 Å². The minimum absolute atomic E-state index is 0.453. The lowest BCUT2D eigenvalue weighted by molar-refractivity contribution is -0.0187. The molecule has 0 spiro atoms. The molecule has 0 aliphatic heterocycles. The third-order valence-corrected chi connectivity index (χ3v) is 7.69. The number of hydrogen-bond acceptors (Lipinski definition) is 4. The molecule has 6 aromatic carbocycles. The molecule has 1 atom stereocenters. The fraction of sp³-hybridized carbons (Fsp3) is 0.0769. The summed E-state index contributed by atoms with van der Waals surface area (Å²) in [7, 11) is 0. The van der Waals surface area contributed by atoms with E-state index in [0.717, 1.165) is 55.6 Å². The summed E-state index contributed by atoms with van der Waals surface area (Å²) in [5.41, 5.74) is 24.5. The van der Waals surface area contributed by atoms with Crippen LogP contribution in [0.3, 0.4) is 0 Å². The first-order valence-corrected chi connectivity index (χ1v) is 14.5. The number of aliphatic hydroxyl groups excluding tert-OH is 1. The number of aliphatic hydroxyl groups is 1. The molecule has 6 rings (SSSR count). The van der Waals surface area contributed by atoms with E-state index in [-0.39, 0.29) is 0 Å². The highest BCUT2D eigenvalue weighted by atomic mass is 16.6. The smallest absolute Gasteiger partial charge is 0.197 e. The van der Waals surface area contributed by atoms with Crippen LogP contribution in [0.1, 0.15) is 13.3 Å². The molecular formula is C39H34N2O2. The molecule has 4 heteroatoms. The van der Waals surface area contributed by atoms with Gasteiger partial charge in [-0.05, 0) is 46.0 Å². The van der Waals surface area contributed by atoms with Gasteiger partial charge in [-0.15, -0.1) is 0 Å². The summed E-state index contributed by atoms with van der Waals surface area (Å²) in [6.45, 7) is 1.89. The number of ether oxygens (including phenoxy) is 1. The van der Waals surface area contributed by atoms with Gasteiger partial charge in [0.2, 0.25) is 0 Å². The van der Waals surface area contributed by atoms with E-state index in [4.69, 9.17) is 16.2 Å². The summed E-state index contributed by atoms with van der Waals surface area (Å²) in [5.74, 6) is 0.580. The fourth-order valence-corrected chi connectivity index (χ4v) is 5.69. The molecule has 0 fully saturated rings. The second-order valence-electron chi connectivity index (χ2n) is 10.5. The van der Waals surface area contributed by atoms with Crippen LogP contribution in [0.2, 0.25) is 0 Å². The Labute approximate surface area is 252 Å². The fourth-order valence-electron chi connectivity index (χ4n) is 5.69. The van der Waals surface area contributed by atoms with Crippen molar-refractivity contribution in [3.63, 3.8) is 0 Å². The summed E-state index contributed by atoms with van der Waals surface area (Å²) < 4.78 is 6.14. The van der Waals surface area contributed by atoms with Crippen molar-refractivity contribution < 1.29 is 9.84 Å². The van der Waals surface area contributed by atoms with E-state index in [2.05, 4.69) is 48.5 Å². The van der Waals surface area contributed by atoms with Gasteiger partial charge in [0, 0.05) is 45.6 Å². The Kier molecular flexibility index (Phi) is 7.94. The first-order valence-electron chi connectivity index (χ1n) is 14.5. The Balaban J connectivity index is 1.87. The lowest BCUT2D eigenvalue weighted by atomic mass is 9.77. The van der Waals surface area contributed by atoms with E-state index in [1.807, 2.05) is 97.9 Å². The van der Waals surface area contributed by atoms with Crippen molar-refractivity contribution in [3.8, 4) is 61.4 Å². The van der Waals surface area contributed by atoms with Gasteiger partial charge in [0.15, 0.2) is 6.29 Å². The summed E-state index contributed by atoms with van der Waals surface area (Å²) in [6, 6.07) is 46.7. The third-order valence-electron chi connectivity index (χ3n) is 7.69. The van der Waals surface area contributed by atoms with Crippen LogP contribution in [-0.4, -0.2) is 11.4 Å². The van der Waals surface area contributed by atoms with Crippen molar-refractivity contribution in [3.05, 3.63) is 140 Å². The van der Waals surface area contributed by atoms with Crippen LogP contribution in [0.15, 0.2) is 140 Å². The zero-order chi connectivity index (χ0) is 29.8. The maximum Gasteiger partial charge on any atom is 0.197 e. The van der Waals surface area contributed by atoms with Gasteiger partial charge in [-0.1, -0.05) is 128 Å². The Bertz CT molecular complexity index is 1840. The molecule has 212 valence electrons. The summed E-state index contributed by atoms with van der Waals surface area (Å²) in [6.07, 6.45) is -0.495. The second kappa shape index (κ2) is 12.3. The van der Waals surface area contributed by atoms with Gasteiger partial charge in [-0.25, -0.2) is 0 Å². The van der Waals surface area contributed by atoms with E-state index < -0.39 is 6.29 Å². The number of anilines is 2. The molecule has 0 saturated heterocycles. The summed E-state index contributed by atoms with van der Waals surface area (Å²) >= 11 is 0. The lowest BCUT2D eigenvalue weighted by Crippen LogP contribution is -2.14. The number of rotatable bonds is 8. The largest absolute Gasteiger partial charge is 0.465 e. The molecule has 6 aromatic rings. The minimum atomic E-state index is -0.948. The first kappa shape index (κ1) is 27.8. The lowest BCUT2D eigenvalue weighted by Gasteiger charge is -2.28. The molecule has 0 aliphatic rings. The number of benzene rings is 6. The number of hydrogen-bond donors (Lipinski definition) is 3. The SMILES string of the molecule is CCC(O)Oc1ccccc1-c1c(-c2ccccc2)c(N)c(-c2ccccc2)c(-c2ccccc2)c1-c1ccc(N)cc1. The highest BCUT2D eigenvalue weighted by molar-refractivity contribution is 6.14. The van der Waals surface area contributed by atoms with Crippen LogP contribution in [0.5, 0.6) is 5.75 Å². The van der Waals surface area contributed by atoms with Crippen molar-refractivity contribution >= 4 is 11.4 Å². The quantitative estimate of drug-likeness (QED) is 0.128. The normalized spacial score (nSPS) is 11.7. The van der Waals surface area contributed by atoms with Gasteiger partial charge in [0.05, 0.1) is 0 Å². The summed E-state index contributed by atoms with van der Waals surface area (Å²) in [5, 5.41) is 10.6. The highest BCUT2D eigenvalue weighted by Gasteiger charge is 2.28. The van der Waals surface area contributed by atoms with Crippen LogP contribution in [0.25, 0.3) is 55.6 Å². The Hall–Kier alpha value is -5.32. The molecular weight excluding hydrogens is 528 g/mol. The highest BCUT2D eigenvalue weighted by Crippen LogP contribution is 2.55. The Morgan fingerprint density at radius 1 is 0.512 bits per heavy atom. The third kappa shape index (κ3) is 5.49. The van der Waals surface area contributed by atoms with Crippen molar-refractivity contribution in [2.24, 2.45) is 0 Å². The monoisotopic (exact) mass is 562 g/mol. The van der Waals surface area contributed by atoms with Crippen molar-refractivity contribution in [2.45, 2.75) is 19.6 Å². The van der Waals surface area contributed by atoms with Crippen molar-refractivity contribution in [2.75, 3.05) is 11.5 Å². The van der Waals surface area contributed by atoms with Gasteiger partial charge in [0.1, 0.15) is 5.75 Å². The van der Waals surface area contributed by atoms with E-state index in [1.54, 1.807) is 0 Å². The molecule has 0 aromatic heterocycles. The first-order chi connectivity index (χ1) is 21.1. The van der Waals surface area contributed by atoms with E-state index in [1.165, 1.54) is 0 Å². The zero-order valence-electron chi connectivity index (χ0n) is 24.1. The van der Waals surface area contributed by atoms with Gasteiger partial charge >= 0.3 is 0 Å². The van der Waals surface area contributed by atoms with Crippen LogP contribution in [-0.2, 0) is 0 Å². The second-order valence-corrected chi connectivity index (χ2v) is 10.5. The van der Waals surface area contributed by atoms with Gasteiger partial charge in [-0.3, -0.25) is 0 Å². The summed E-state index contributed by atoms with van der Waals surface area (Å²) in [4.78, 5) is 0. The average Bonchev–Trinajstić information content (AvgIpc) is 3.06. The standard InChI is InChI=1S/C39H34N2O2/c1-2-33(42)43-32-21-13-12-20-31(32)38-35(29-22-24-30(40)25-23-29)34(26-14-6-3-7-15-26)36(27-16-8-4-9-17-27)39(41)37(38)28-18-10-5-11-19-28/h3-25,33,42H,2,40-41H2,1H3. The molecule has 1 unspecified atom stereocenters. The molecule has 0 heterocycles. The molecule has 0 radical (unpaired) electrons. The van der Waals surface area contributed by atoms with Crippen LogP contribution in [0, 0.1) is 0 Å². The maximum absolute atomic E-state index is 10.6. The van der Waals surface area contributed by atoms with Gasteiger partial charge in [-0.2, -0.15) is 0 Å². The molecule has 43 heavy (non-hydrogen) atoms. The molecule has 0 aliphatic carbocycles. The van der Waals surface area contributed by atoms with Gasteiger partial charge < -0.3 is 21.3 Å². The average molecular weight is 563 g/mol. The van der Waals surface area contributed by atoms with Crippen molar-refractivity contribution in [1.82, 2.24) is 0 Å². The van der Waals surface area contributed by atoms with Crippen molar-refractivity contribution in [1.29, 1.82) is 0 Å². The number of para-hydroxylation sites is 1. The molecule has 0 saturated carbocycles.